The monoisotopic (exact) mass is 264 g/mol. The number of carbonyl (C=O) groups excluding carboxylic acids is 1. The van der Waals surface area contributed by atoms with Crippen LogP contribution in [0.5, 0.6) is 0 Å². The van der Waals surface area contributed by atoms with Gasteiger partial charge in [0.15, 0.2) is 0 Å². The quantitative estimate of drug-likeness (QED) is 0.892. The summed E-state index contributed by atoms with van der Waals surface area (Å²) >= 11 is 0. The van der Waals surface area contributed by atoms with E-state index in [4.69, 9.17) is 0 Å². The zero-order valence-corrected chi connectivity index (χ0v) is 11.5. The van der Waals surface area contributed by atoms with Gasteiger partial charge in [-0.3, -0.25) is 0 Å². The Kier molecular flexibility index (Phi) is 4.40. The maximum Gasteiger partial charge on any atom is 0.317 e. The van der Waals surface area contributed by atoms with E-state index >= 15 is 0 Å². The summed E-state index contributed by atoms with van der Waals surface area (Å²) in [6.07, 6.45) is 1.87. The van der Waals surface area contributed by atoms with E-state index in [1.165, 1.54) is 12.1 Å². The van der Waals surface area contributed by atoms with E-state index in [1.807, 2.05) is 11.0 Å². The molecule has 1 aromatic carbocycles. The number of carbonyl (C=O) groups is 1. The lowest BCUT2D eigenvalue weighted by Gasteiger charge is -2.25. The number of likely N-dealkylation sites (tertiary alicyclic amines) is 1. The van der Waals surface area contributed by atoms with Crippen molar-refractivity contribution in [2.24, 2.45) is 5.92 Å². The van der Waals surface area contributed by atoms with E-state index in [1.54, 1.807) is 6.07 Å². The minimum Gasteiger partial charge on any atom is -0.338 e. The number of nitrogens with one attached hydrogen (secondary N) is 1. The molecule has 2 rings (SSSR count). The molecule has 0 unspecified atom stereocenters. The molecule has 0 saturated carbocycles. The number of nitrogens with zero attached hydrogens (tertiary/aromatic N) is 1. The fourth-order valence-electron chi connectivity index (χ4n) is 2.46. The first-order chi connectivity index (χ1) is 9.08. The second-order valence-electron chi connectivity index (χ2n) is 5.49. The number of urea groups is 1. The van der Waals surface area contributed by atoms with Gasteiger partial charge in [0, 0.05) is 13.1 Å². The van der Waals surface area contributed by atoms with Gasteiger partial charge in [-0.25, -0.2) is 9.18 Å². The minimum atomic E-state index is -0.244. The zero-order valence-electron chi connectivity index (χ0n) is 11.5. The van der Waals surface area contributed by atoms with Crippen LogP contribution in [0, 0.1) is 11.7 Å². The van der Waals surface area contributed by atoms with E-state index in [9.17, 15) is 9.18 Å². The van der Waals surface area contributed by atoms with Crippen molar-refractivity contribution in [3.63, 3.8) is 0 Å². The van der Waals surface area contributed by atoms with Crippen LogP contribution < -0.4 is 5.32 Å². The van der Waals surface area contributed by atoms with Gasteiger partial charge >= 0.3 is 6.03 Å². The number of benzene rings is 1. The van der Waals surface area contributed by atoms with Gasteiger partial charge < -0.3 is 10.2 Å². The highest BCUT2D eigenvalue weighted by Crippen LogP contribution is 2.31. The molecule has 1 atom stereocenters. The maximum absolute atomic E-state index is 13.3. The Morgan fingerprint density at radius 3 is 3.00 bits per heavy atom. The molecule has 3 nitrogen and oxygen atoms in total. The molecule has 1 aromatic rings. The van der Waals surface area contributed by atoms with Crippen LogP contribution in [-0.4, -0.2) is 24.0 Å². The molecule has 2 amide bonds. The van der Waals surface area contributed by atoms with Crippen LogP contribution in [0.25, 0.3) is 0 Å². The minimum absolute atomic E-state index is 0.00265. The predicted octanol–water partition coefficient (Wildman–Crippen LogP) is 3.33. The largest absolute Gasteiger partial charge is 0.338 e. The Balaban J connectivity index is 2.06. The van der Waals surface area contributed by atoms with Gasteiger partial charge in [0.2, 0.25) is 0 Å². The molecule has 0 aromatic heterocycles. The normalized spacial score (nSPS) is 18.9. The third kappa shape index (κ3) is 3.46. The van der Waals surface area contributed by atoms with Crippen LogP contribution >= 0.6 is 0 Å². The number of rotatable bonds is 3. The summed E-state index contributed by atoms with van der Waals surface area (Å²) in [6, 6.07) is 6.51. The van der Waals surface area contributed by atoms with Gasteiger partial charge in [-0.2, -0.15) is 0 Å². The highest BCUT2D eigenvalue weighted by Gasteiger charge is 2.29. The van der Waals surface area contributed by atoms with Crippen molar-refractivity contribution in [1.82, 2.24) is 10.2 Å². The Labute approximate surface area is 113 Å². The van der Waals surface area contributed by atoms with Crippen molar-refractivity contribution in [1.29, 1.82) is 0 Å². The topological polar surface area (TPSA) is 32.3 Å². The first-order valence-electron chi connectivity index (χ1n) is 6.88. The zero-order chi connectivity index (χ0) is 13.8. The van der Waals surface area contributed by atoms with E-state index < -0.39 is 0 Å². The lowest BCUT2D eigenvalue weighted by molar-refractivity contribution is 0.191. The van der Waals surface area contributed by atoms with Crippen molar-refractivity contribution < 1.29 is 9.18 Å². The van der Waals surface area contributed by atoms with E-state index in [0.29, 0.717) is 12.5 Å². The van der Waals surface area contributed by atoms with Gasteiger partial charge in [-0.15, -0.1) is 0 Å². The molecule has 19 heavy (non-hydrogen) atoms. The van der Waals surface area contributed by atoms with Crippen LogP contribution in [0.3, 0.4) is 0 Å². The van der Waals surface area contributed by atoms with Crippen molar-refractivity contribution in [2.45, 2.75) is 32.7 Å². The van der Waals surface area contributed by atoms with Crippen LogP contribution in [0.2, 0.25) is 0 Å². The first-order valence-corrected chi connectivity index (χ1v) is 6.88. The number of hydrogen-bond donors (Lipinski definition) is 1. The molecule has 0 bridgehead atoms. The summed E-state index contributed by atoms with van der Waals surface area (Å²) in [5.41, 5.74) is 0.886. The van der Waals surface area contributed by atoms with Gasteiger partial charge in [0.25, 0.3) is 0 Å². The van der Waals surface area contributed by atoms with Crippen molar-refractivity contribution in [3.05, 3.63) is 35.6 Å². The van der Waals surface area contributed by atoms with Crippen LogP contribution in [0.15, 0.2) is 24.3 Å². The molecule has 0 radical (unpaired) electrons. The SMILES string of the molecule is CC(C)CNC(=O)N1CCC[C@@H]1c1cccc(F)c1. The second kappa shape index (κ2) is 6.04. The van der Waals surface area contributed by atoms with Crippen molar-refractivity contribution in [2.75, 3.05) is 13.1 Å². The molecule has 0 aliphatic carbocycles. The first kappa shape index (κ1) is 13.8. The molecule has 104 valence electrons. The fraction of sp³-hybridized carbons (Fsp3) is 0.533. The highest BCUT2D eigenvalue weighted by atomic mass is 19.1. The summed E-state index contributed by atoms with van der Waals surface area (Å²) in [5.74, 6) is 0.186. The van der Waals surface area contributed by atoms with E-state index in [0.717, 1.165) is 24.9 Å². The molecule has 1 fully saturated rings. The molecule has 4 heteroatoms. The maximum atomic E-state index is 13.3. The molecule has 1 aliphatic rings. The Morgan fingerprint density at radius 1 is 1.53 bits per heavy atom. The molecular weight excluding hydrogens is 243 g/mol. The predicted molar refractivity (Wildman–Crippen MR) is 73.3 cm³/mol. The smallest absolute Gasteiger partial charge is 0.317 e. The molecule has 1 saturated heterocycles. The Bertz CT molecular complexity index is 448. The summed E-state index contributed by atoms with van der Waals surface area (Å²) in [4.78, 5) is 14.0. The lowest BCUT2D eigenvalue weighted by atomic mass is 10.0. The lowest BCUT2D eigenvalue weighted by Crippen LogP contribution is -2.40. The molecule has 1 N–H and O–H groups in total. The summed E-state index contributed by atoms with van der Waals surface area (Å²) in [5, 5.41) is 2.93. The summed E-state index contributed by atoms with van der Waals surface area (Å²) < 4.78 is 13.3. The van der Waals surface area contributed by atoms with Gasteiger partial charge in [-0.1, -0.05) is 26.0 Å². The second-order valence-corrected chi connectivity index (χ2v) is 5.49. The summed E-state index contributed by atoms with van der Waals surface area (Å²) in [7, 11) is 0. The average Bonchev–Trinajstić information content (AvgIpc) is 2.85. The number of amides is 2. The van der Waals surface area contributed by atoms with Gasteiger partial charge in [0.1, 0.15) is 5.82 Å². The molecule has 0 spiro atoms. The van der Waals surface area contributed by atoms with Crippen molar-refractivity contribution in [3.8, 4) is 0 Å². The van der Waals surface area contributed by atoms with Crippen molar-refractivity contribution >= 4 is 6.03 Å². The molecule has 1 heterocycles. The Hall–Kier alpha value is -1.58. The standard InChI is InChI=1S/C15H21FN2O/c1-11(2)10-17-15(19)18-8-4-7-14(18)12-5-3-6-13(16)9-12/h3,5-6,9,11,14H,4,7-8,10H2,1-2H3,(H,17,19)/t14-/m1/s1. The molecule has 1 aliphatic heterocycles. The molecular formula is C15H21FN2O. The number of halogens is 1. The van der Waals surface area contributed by atoms with Crippen LogP contribution in [0.1, 0.15) is 38.3 Å². The third-order valence-electron chi connectivity index (χ3n) is 3.41. The Morgan fingerprint density at radius 2 is 2.32 bits per heavy atom. The highest BCUT2D eigenvalue weighted by molar-refractivity contribution is 5.75. The fourth-order valence-corrected chi connectivity index (χ4v) is 2.46. The van der Waals surface area contributed by atoms with Crippen LogP contribution in [-0.2, 0) is 0 Å². The van der Waals surface area contributed by atoms with Gasteiger partial charge in [0.05, 0.1) is 6.04 Å². The third-order valence-corrected chi connectivity index (χ3v) is 3.41. The number of hydrogen-bond acceptors (Lipinski definition) is 1. The average molecular weight is 264 g/mol. The summed E-state index contributed by atoms with van der Waals surface area (Å²) in [6.45, 7) is 5.54. The van der Waals surface area contributed by atoms with Crippen LogP contribution in [0.4, 0.5) is 9.18 Å². The van der Waals surface area contributed by atoms with Gasteiger partial charge in [-0.05, 0) is 36.5 Å². The van der Waals surface area contributed by atoms with E-state index in [2.05, 4.69) is 19.2 Å². The van der Waals surface area contributed by atoms with E-state index in [-0.39, 0.29) is 17.9 Å².